The molecule has 1 rings (SSSR count). The van der Waals surface area contributed by atoms with Crippen molar-refractivity contribution in [2.45, 2.75) is 49.0 Å². The number of ether oxygens (including phenoxy) is 2. The van der Waals surface area contributed by atoms with Gasteiger partial charge in [-0.15, -0.1) is 0 Å². The van der Waals surface area contributed by atoms with Gasteiger partial charge < -0.3 is 50.0 Å². The first-order valence-corrected chi connectivity index (χ1v) is 6.25. The number of aldehydes is 1. The summed E-state index contributed by atoms with van der Waals surface area (Å²) in [5, 5.41) is 65.7. The zero-order valence-electron chi connectivity index (χ0n) is 11.0. The van der Waals surface area contributed by atoms with Crippen molar-refractivity contribution < 1.29 is 50.0 Å². The van der Waals surface area contributed by atoms with Gasteiger partial charge in [-0.25, -0.2) is 0 Å². The van der Waals surface area contributed by atoms with Crippen LogP contribution in [0.25, 0.3) is 0 Å². The Morgan fingerprint density at radius 3 is 2.33 bits per heavy atom. The molecular formula is C11H20O10. The van der Waals surface area contributed by atoms with E-state index in [0.717, 1.165) is 0 Å². The van der Waals surface area contributed by atoms with Gasteiger partial charge >= 0.3 is 0 Å². The smallest absolute Gasteiger partial charge is 0.186 e. The van der Waals surface area contributed by atoms with Crippen molar-refractivity contribution in [2.24, 2.45) is 0 Å². The molecule has 0 saturated carbocycles. The molecule has 10 heteroatoms. The fourth-order valence-electron chi connectivity index (χ4n) is 1.82. The van der Waals surface area contributed by atoms with Crippen molar-refractivity contribution in [3.05, 3.63) is 0 Å². The molecule has 1 heterocycles. The number of hydrogen-bond donors (Lipinski definition) is 7. The molecule has 1 saturated heterocycles. The molecule has 1 unspecified atom stereocenters. The van der Waals surface area contributed by atoms with Gasteiger partial charge in [0.1, 0.15) is 42.7 Å². The molecule has 21 heavy (non-hydrogen) atoms. The maximum Gasteiger partial charge on any atom is 0.186 e. The number of carbonyl (C=O) groups is 1. The molecule has 124 valence electrons. The average molecular weight is 312 g/mol. The van der Waals surface area contributed by atoms with Crippen molar-refractivity contribution in [1.82, 2.24) is 0 Å². The predicted molar refractivity (Wildman–Crippen MR) is 63.8 cm³/mol. The standard InChI is InChI=1S/C11H20O10/c12-1-4(14)8(18)10(5(15)2-13)21-11-9(19)7(17)6(16)3-20-11/h2,4-12,14-19H,1,3H2/t4-,5+,6-,7-,8+,9+,10-,11?/m1/s1. The SMILES string of the molecule is O=C[C@H](O)[C@@H](OC1OC[C@@H](O)[C@@H](O)[C@@H]1O)[C@@H](O)[C@H](O)CO. The second-order valence-electron chi connectivity index (χ2n) is 4.72. The van der Waals surface area contributed by atoms with Crippen LogP contribution in [0, 0.1) is 0 Å². The normalized spacial score (nSPS) is 35.8. The van der Waals surface area contributed by atoms with Gasteiger partial charge in [0, 0.05) is 0 Å². The Morgan fingerprint density at radius 1 is 1.19 bits per heavy atom. The highest BCUT2D eigenvalue weighted by molar-refractivity contribution is 5.56. The minimum atomic E-state index is -1.87. The summed E-state index contributed by atoms with van der Waals surface area (Å²) in [6, 6.07) is 0. The van der Waals surface area contributed by atoms with Crippen molar-refractivity contribution >= 4 is 6.29 Å². The third kappa shape index (κ3) is 4.39. The van der Waals surface area contributed by atoms with Gasteiger partial charge in [-0.05, 0) is 0 Å². The van der Waals surface area contributed by atoms with E-state index in [1.54, 1.807) is 0 Å². The fourth-order valence-corrected chi connectivity index (χ4v) is 1.82. The Hall–Kier alpha value is -0.690. The largest absolute Gasteiger partial charge is 0.394 e. The number of hydrogen-bond acceptors (Lipinski definition) is 10. The van der Waals surface area contributed by atoms with Crippen LogP contribution in [0.1, 0.15) is 0 Å². The van der Waals surface area contributed by atoms with E-state index in [0.29, 0.717) is 0 Å². The van der Waals surface area contributed by atoms with Crippen molar-refractivity contribution in [1.29, 1.82) is 0 Å². The summed E-state index contributed by atoms with van der Waals surface area (Å²) in [6.07, 6.45) is -13.3. The topological polar surface area (TPSA) is 177 Å². The molecule has 0 aromatic heterocycles. The summed E-state index contributed by atoms with van der Waals surface area (Å²) in [7, 11) is 0. The average Bonchev–Trinajstić information content (AvgIpc) is 2.49. The minimum absolute atomic E-state index is 0.0263. The molecule has 8 atom stereocenters. The lowest BCUT2D eigenvalue weighted by molar-refractivity contribution is -0.300. The van der Waals surface area contributed by atoms with Crippen LogP contribution in [0.3, 0.4) is 0 Å². The first-order valence-electron chi connectivity index (χ1n) is 6.25. The lowest BCUT2D eigenvalue weighted by Crippen LogP contribution is -2.57. The van der Waals surface area contributed by atoms with Gasteiger partial charge in [-0.2, -0.15) is 0 Å². The Labute approximate surface area is 119 Å². The van der Waals surface area contributed by atoms with Gasteiger partial charge in [0.15, 0.2) is 12.6 Å². The highest BCUT2D eigenvalue weighted by atomic mass is 16.7. The van der Waals surface area contributed by atoms with Crippen LogP contribution in [0.15, 0.2) is 0 Å². The zero-order chi connectivity index (χ0) is 16.2. The number of aliphatic hydroxyl groups excluding tert-OH is 7. The Balaban J connectivity index is 2.79. The van der Waals surface area contributed by atoms with Gasteiger partial charge in [-0.3, -0.25) is 0 Å². The highest BCUT2D eigenvalue weighted by Gasteiger charge is 2.42. The first kappa shape index (κ1) is 18.4. The zero-order valence-corrected chi connectivity index (χ0v) is 11.0. The molecule has 0 radical (unpaired) electrons. The van der Waals surface area contributed by atoms with Crippen LogP contribution in [-0.4, -0.2) is 104 Å². The molecule has 0 aromatic carbocycles. The summed E-state index contributed by atoms with van der Waals surface area (Å²) >= 11 is 0. The predicted octanol–water partition coefficient (Wildman–Crippen LogP) is -4.92. The summed E-state index contributed by atoms with van der Waals surface area (Å²) in [4.78, 5) is 10.6. The van der Waals surface area contributed by atoms with Crippen molar-refractivity contribution in [3.8, 4) is 0 Å². The van der Waals surface area contributed by atoms with E-state index >= 15 is 0 Å². The van der Waals surface area contributed by atoms with Crippen LogP contribution in [0.2, 0.25) is 0 Å². The van der Waals surface area contributed by atoms with E-state index in [-0.39, 0.29) is 12.9 Å². The molecule has 0 aliphatic carbocycles. The van der Waals surface area contributed by atoms with Gasteiger partial charge in [0.25, 0.3) is 0 Å². The van der Waals surface area contributed by atoms with E-state index in [2.05, 4.69) is 0 Å². The second-order valence-corrected chi connectivity index (χ2v) is 4.72. The van der Waals surface area contributed by atoms with E-state index in [4.69, 9.17) is 14.6 Å². The summed E-state index contributed by atoms with van der Waals surface area (Å²) < 4.78 is 9.91. The van der Waals surface area contributed by atoms with Crippen molar-refractivity contribution in [2.75, 3.05) is 13.2 Å². The molecule has 0 bridgehead atoms. The molecule has 10 nitrogen and oxygen atoms in total. The lowest BCUT2D eigenvalue weighted by atomic mass is 10.0. The Morgan fingerprint density at radius 2 is 1.81 bits per heavy atom. The van der Waals surface area contributed by atoms with Crippen molar-refractivity contribution in [3.63, 3.8) is 0 Å². The molecule has 7 N–H and O–H groups in total. The van der Waals surface area contributed by atoms with E-state index in [9.17, 15) is 35.4 Å². The maximum atomic E-state index is 10.6. The third-order valence-corrected chi connectivity index (χ3v) is 3.14. The van der Waals surface area contributed by atoms with E-state index in [1.165, 1.54) is 0 Å². The van der Waals surface area contributed by atoms with Crippen LogP contribution < -0.4 is 0 Å². The van der Waals surface area contributed by atoms with Gasteiger partial charge in [-0.1, -0.05) is 0 Å². The lowest BCUT2D eigenvalue weighted by Gasteiger charge is -2.38. The quantitative estimate of drug-likeness (QED) is 0.225. The monoisotopic (exact) mass is 312 g/mol. The maximum absolute atomic E-state index is 10.6. The summed E-state index contributed by atoms with van der Waals surface area (Å²) in [5.41, 5.74) is 0. The van der Waals surface area contributed by atoms with Crippen LogP contribution >= 0.6 is 0 Å². The summed E-state index contributed by atoms with van der Waals surface area (Å²) in [6.45, 7) is -1.24. The number of rotatable bonds is 7. The number of aliphatic hydroxyl groups is 7. The summed E-state index contributed by atoms with van der Waals surface area (Å²) in [5.74, 6) is 0. The van der Waals surface area contributed by atoms with Crippen LogP contribution in [0.4, 0.5) is 0 Å². The highest BCUT2D eigenvalue weighted by Crippen LogP contribution is 2.20. The molecule has 1 fully saturated rings. The van der Waals surface area contributed by atoms with Crippen LogP contribution in [0.5, 0.6) is 0 Å². The second kappa shape index (κ2) is 8.08. The third-order valence-electron chi connectivity index (χ3n) is 3.14. The fraction of sp³-hybridized carbons (Fsp3) is 0.909. The molecule has 0 amide bonds. The molecule has 1 aliphatic rings. The molecular weight excluding hydrogens is 292 g/mol. The van der Waals surface area contributed by atoms with E-state index < -0.39 is 55.6 Å². The molecule has 1 aliphatic heterocycles. The Bertz CT molecular complexity index is 326. The Kier molecular flexibility index (Phi) is 7.06. The number of carbonyl (C=O) groups excluding carboxylic acids is 1. The first-order chi connectivity index (χ1) is 9.83. The minimum Gasteiger partial charge on any atom is -0.394 e. The van der Waals surface area contributed by atoms with E-state index in [1.807, 2.05) is 0 Å². The molecule has 0 spiro atoms. The molecule has 0 aromatic rings. The van der Waals surface area contributed by atoms with Gasteiger partial charge in [0.2, 0.25) is 0 Å². The van der Waals surface area contributed by atoms with Crippen LogP contribution in [-0.2, 0) is 14.3 Å². The van der Waals surface area contributed by atoms with Gasteiger partial charge in [0.05, 0.1) is 13.2 Å².